The molecule has 0 N–H and O–H groups in total. The third kappa shape index (κ3) is 8.68. The molecule has 0 aliphatic rings. The van der Waals surface area contributed by atoms with E-state index in [1.165, 1.54) is 26.2 Å². The molecule has 0 aliphatic carbocycles. The highest BCUT2D eigenvalue weighted by molar-refractivity contribution is 14.1. The summed E-state index contributed by atoms with van der Waals surface area (Å²) in [6.07, 6.45) is 8.15. The van der Waals surface area contributed by atoms with Gasteiger partial charge in [-0.3, -0.25) is 4.79 Å². The van der Waals surface area contributed by atoms with Crippen LogP contribution in [0.2, 0.25) is 0 Å². The third-order valence-corrected chi connectivity index (χ3v) is 6.63. The summed E-state index contributed by atoms with van der Waals surface area (Å²) < 4.78 is 6.86. The Balaban J connectivity index is 2.31. The summed E-state index contributed by atoms with van der Waals surface area (Å²) in [6.45, 7) is 4.28. The molecule has 1 atom stereocenters. The number of hydrogen-bond acceptors (Lipinski definition) is 4. The van der Waals surface area contributed by atoms with Gasteiger partial charge < -0.3 is 4.74 Å². The fourth-order valence-corrected chi connectivity index (χ4v) is 4.92. The zero-order valence-corrected chi connectivity index (χ0v) is 18.1. The van der Waals surface area contributed by atoms with Gasteiger partial charge in [0.1, 0.15) is 6.10 Å². The maximum Gasteiger partial charge on any atom is 0.306 e. The van der Waals surface area contributed by atoms with Crippen molar-refractivity contribution < 1.29 is 9.53 Å². The first-order chi connectivity index (χ1) is 11.1. The standard InChI is InChI=1S/C18H27IO2S2/c1-4-6-7-8-14(5-2)21-18(20)11-12-23-15-9-10-17(22-3)16(19)13-15/h9-10,13-14H,4-8,11-12H2,1-3H3. The smallest absolute Gasteiger partial charge is 0.306 e. The van der Waals surface area contributed by atoms with Crippen molar-refractivity contribution in [3.8, 4) is 0 Å². The molecule has 0 bridgehead atoms. The highest BCUT2D eigenvalue weighted by Gasteiger charge is 2.12. The van der Waals surface area contributed by atoms with E-state index in [1.54, 1.807) is 23.5 Å². The van der Waals surface area contributed by atoms with Crippen LogP contribution in [0.4, 0.5) is 0 Å². The quantitative estimate of drug-likeness (QED) is 0.163. The van der Waals surface area contributed by atoms with E-state index in [4.69, 9.17) is 4.74 Å². The van der Waals surface area contributed by atoms with Crippen molar-refractivity contribution in [1.82, 2.24) is 0 Å². The molecule has 1 unspecified atom stereocenters. The molecule has 0 saturated heterocycles. The molecule has 0 radical (unpaired) electrons. The highest BCUT2D eigenvalue weighted by Crippen LogP contribution is 2.28. The Morgan fingerprint density at radius 1 is 1.30 bits per heavy atom. The van der Waals surface area contributed by atoms with E-state index in [0.717, 1.165) is 25.0 Å². The van der Waals surface area contributed by atoms with Gasteiger partial charge in [0.2, 0.25) is 0 Å². The largest absolute Gasteiger partial charge is 0.462 e. The normalized spacial score (nSPS) is 12.2. The topological polar surface area (TPSA) is 26.3 Å². The van der Waals surface area contributed by atoms with E-state index in [0.29, 0.717) is 6.42 Å². The summed E-state index contributed by atoms with van der Waals surface area (Å²) in [5.41, 5.74) is 0. The fourth-order valence-electron chi connectivity index (χ4n) is 2.20. The number of esters is 1. The first-order valence-corrected chi connectivity index (χ1v) is 11.5. The molecular formula is C18H27IO2S2. The first-order valence-electron chi connectivity index (χ1n) is 8.26. The van der Waals surface area contributed by atoms with Gasteiger partial charge in [-0.15, -0.1) is 23.5 Å². The lowest BCUT2D eigenvalue weighted by atomic mass is 10.1. The molecule has 5 heteroatoms. The number of unbranched alkanes of at least 4 members (excludes halogenated alkanes) is 2. The van der Waals surface area contributed by atoms with Gasteiger partial charge in [-0.05, 0) is 66.3 Å². The SMILES string of the molecule is CCCCCC(CC)OC(=O)CCSc1ccc(SC)c(I)c1. The van der Waals surface area contributed by atoms with Crippen LogP contribution >= 0.6 is 46.1 Å². The van der Waals surface area contributed by atoms with Gasteiger partial charge in [0.05, 0.1) is 6.42 Å². The molecule has 130 valence electrons. The minimum Gasteiger partial charge on any atom is -0.462 e. The van der Waals surface area contributed by atoms with Crippen molar-refractivity contribution in [1.29, 1.82) is 0 Å². The second-order valence-corrected chi connectivity index (χ2v) is 8.59. The average molecular weight is 466 g/mol. The minimum absolute atomic E-state index is 0.0590. The minimum atomic E-state index is -0.0590. The summed E-state index contributed by atoms with van der Waals surface area (Å²) in [6, 6.07) is 6.46. The van der Waals surface area contributed by atoms with E-state index in [9.17, 15) is 4.79 Å². The van der Waals surface area contributed by atoms with Crippen LogP contribution in [0.15, 0.2) is 28.0 Å². The molecule has 0 amide bonds. The average Bonchev–Trinajstić information content (AvgIpc) is 2.54. The predicted octanol–water partition coefficient (Wildman–Crippen LogP) is 6.40. The fraction of sp³-hybridized carbons (Fsp3) is 0.611. The van der Waals surface area contributed by atoms with Crippen LogP contribution in [0.1, 0.15) is 52.4 Å². The van der Waals surface area contributed by atoms with Crippen molar-refractivity contribution in [3.63, 3.8) is 0 Å². The first kappa shape index (κ1) is 21.2. The summed E-state index contributed by atoms with van der Waals surface area (Å²) in [5.74, 6) is 0.718. The van der Waals surface area contributed by atoms with E-state index in [1.807, 2.05) is 0 Å². The number of halogens is 1. The van der Waals surface area contributed by atoms with Crippen molar-refractivity contribution >= 4 is 52.1 Å². The summed E-state index contributed by atoms with van der Waals surface area (Å²) in [7, 11) is 0. The summed E-state index contributed by atoms with van der Waals surface area (Å²) in [5, 5.41) is 0. The molecule has 0 fully saturated rings. The molecule has 23 heavy (non-hydrogen) atoms. The Morgan fingerprint density at radius 2 is 2.09 bits per heavy atom. The number of hydrogen-bond donors (Lipinski definition) is 0. The maximum absolute atomic E-state index is 12.0. The Bertz CT molecular complexity index is 480. The zero-order chi connectivity index (χ0) is 17.1. The van der Waals surface area contributed by atoms with Crippen molar-refractivity contribution in [2.75, 3.05) is 12.0 Å². The van der Waals surface area contributed by atoms with Crippen LogP contribution in [-0.2, 0) is 9.53 Å². The second-order valence-electron chi connectivity index (χ2n) is 5.41. The molecular weight excluding hydrogens is 439 g/mol. The zero-order valence-electron chi connectivity index (χ0n) is 14.3. The van der Waals surface area contributed by atoms with Crippen molar-refractivity contribution in [2.24, 2.45) is 0 Å². The van der Waals surface area contributed by atoms with Crippen LogP contribution in [-0.4, -0.2) is 24.1 Å². The molecule has 0 heterocycles. The van der Waals surface area contributed by atoms with Crippen LogP contribution in [0.5, 0.6) is 0 Å². The number of carbonyl (C=O) groups is 1. The Hall–Kier alpha value is 0.120. The van der Waals surface area contributed by atoms with E-state index < -0.39 is 0 Å². The molecule has 1 aromatic carbocycles. The number of carbonyl (C=O) groups excluding carboxylic acids is 1. The van der Waals surface area contributed by atoms with Crippen molar-refractivity contribution in [3.05, 3.63) is 21.8 Å². The van der Waals surface area contributed by atoms with E-state index in [-0.39, 0.29) is 12.1 Å². The van der Waals surface area contributed by atoms with Crippen LogP contribution in [0.25, 0.3) is 0 Å². The van der Waals surface area contributed by atoms with Gasteiger partial charge in [-0.25, -0.2) is 0 Å². The molecule has 1 aromatic rings. The lowest BCUT2D eigenvalue weighted by Gasteiger charge is -2.16. The monoisotopic (exact) mass is 466 g/mol. The molecule has 0 spiro atoms. The van der Waals surface area contributed by atoms with Gasteiger partial charge in [-0.2, -0.15) is 0 Å². The third-order valence-electron chi connectivity index (χ3n) is 3.58. The summed E-state index contributed by atoms with van der Waals surface area (Å²) in [4.78, 5) is 14.5. The molecule has 0 aromatic heterocycles. The number of rotatable bonds is 11. The van der Waals surface area contributed by atoms with Crippen LogP contribution in [0, 0.1) is 3.57 Å². The highest BCUT2D eigenvalue weighted by atomic mass is 127. The lowest BCUT2D eigenvalue weighted by molar-refractivity contribution is -0.149. The number of benzene rings is 1. The second kappa shape index (κ2) is 12.5. The van der Waals surface area contributed by atoms with Gasteiger partial charge in [0.25, 0.3) is 0 Å². The number of thioether (sulfide) groups is 2. The van der Waals surface area contributed by atoms with Crippen LogP contribution in [0.3, 0.4) is 0 Å². The molecule has 0 aliphatic heterocycles. The molecule has 1 rings (SSSR count). The van der Waals surface area contributed by atoms with E-state index in [2.05, 4.69) is 60.9 Å². The lowest BCUT2D eigenvalue weighted by Crippen LogP contribution is -2.17. The molecule has 0 saturated carbocycles. The van der Waals surface area contributed by atoms with E-state index >= 15 is 0 Å². The predicted molar refractivity (Wildman–Crippen MR) is 111 cm³/mol. The Kier molecular flexibility index (Phi) is 11.5. The molecule has 2 nitrogen and oxygen atoms in total. The van der Waals surface area contributed by atoms with Gasteiger partial charge >= 0.3 is 5.97 Å². The number of ether oxygens (including phenoxy) is 1. The maximum atomic E-state index is 12.0. The summed E-state index contributed by atoms with van der Waals surface area (Å²) >= 11 is 5.84. The Labute approximate surface area is 163 Å². The Morgan fingerprint density at radius 3 is 2.70 bits per heavy atom. The van der Waals surface area contributed by atoms with Crippen molar-refractivity contribution in [2.45, 2.75) is 68.3 Å². The van der Waals surface area contributed by atoms with Gasteiger partial charge in [0, 0.05) is 19.1 Å². The van der Waals surface area contributed by atoms with Crippen LogP contribution < -0.4 is 0 Å². The van der Waals surface area contributed by atoms with Gasteiger partial charge in [0.15, 0.2) is 0 Å². The van der Waals surface area contributed by atoms with Gasteiger partial charge in [-0.1, -0.05) is 26.7 Å².